The molecule has 0 bridgehead atoms. The SMILES string of the molecule is Nc1ccc(On2ccc(O)c2)cc1. The van der Waals surface area contributed by atoms with E-state index in [9.17, 15) is 0 Å². The first-order valence-corrected chi connectivity index (χ1v) is 4.15. The van der Waals surface area contributed by atoms with Crippen LogP contribution in [0.3, 0.4) is 0 Å². The zero-order valence-corrected chi connectivity index (χ0v) is 7.42. The molecular weight excluding hydrogens is 180 g/mol. The molecule has 0 atom stereocenters. The maximum Gasteiger partial charge on any atom is 0.155 e. The van der Waals surface area contributed by atoms with E-state index in [1.165, 1.54) is 17.0 Å². The molecule has 14 heavy (non-hydrogen) atoms. The smallest absolute Gasteiger partial charge is 0.155 e. The summed E-state index contributed by atoms with van der Waals surface area (Å²) in [6.45, 7) is 0. The van der Waals surface area contributed by atoms with Crippen LogP contribution in [0.2, 0.25) is 0 Å². The number of aromatic hydroxyl groups is 1. The van der Waals surface area contributed by atoms with Gasteiger partial charge < -0.3 is 15.7 Å². The van der Waals surface area contributed by atoms with E-state index in [4.69, 9.17) is 15.7 Å². The minimum atomic E-state index is 0.167. The molecule has 72 valence electrons. The summed E-state index contributed by atoms with van der Waals surface area (Å²) in [5.41, 5.74) is 6.21. The second-order valence-electron chi connectivity index (χ2n) is 2.89. The van der Waals surface area contributed by atoms with E-state index >= 15 is 0 Å². The molecule has 0 unspecified atom stereocenters. The molecule has 4 heteroatoms. The van der Waals surface area contributed by atoms with Crippen LogP contribution in [-0.2, 0) is 0 Å². The lowest BCUT2D eigenvalue weighted by atomic mass is 10.3. The van der Waals surface area contributed by atoms with E-state index in [0.717, 1.165) is 0 Å². The fourth-order valence-corrected chi connectivity index (χ4v) is 1.07. The van der Waals surface area contributed by atoms with Crippen LogP contribution in [0.25, 0.3) is 0 Å². The molecule has 0 fully saturated rings. The Morgan fingerprint density at radius 2 is 1.86 bits per heavy atom. The Hall–Kier alpha value is -2.10. The molecule has 0 saturated carbocycles. The maximum atomic E-state index is 9.05. The molecule has 0 amide bonds. The van der Waals surface area contributed by atoms with Gasteiger partial charge in [0.25, 0.3) is 0 Å². The van der Waals surface area contributed by atoms with E-state index in [2.05, 4.69) is 0 Å². The van der Waals surface area contributed by atoms with Crippen molar-refractivity contribution in [1.82, 2.24) is 4.73 Å². The summed E-state index contributed by atoms with van der Waals surface area (Å²) in [4.78, 5) is 5.36. The molecule has 0 radical (unpaired) electrons. The van der Waals surface area contributed by atoms with Gasteiger partial charge >= 0.3 is 0 Å². The fraction of sp³-hybridized carbons (Fsp3) is 0. The van der Waals surface area contributed by atoms with Gasteiger partial charge in [-0.15, -0.1) is 0 Å². The highest BCUT2D eigenvalue weighted by molar-refractivity contribution is 5.41. The lowest BCUT2D eigenvalue weighted by Gasteiger charge is -2.04. The molecule has 0 saturated heterocycles. The van der Waals surface area contributed by atoms with Crippen molar-refractivity contribution in [3.8, 4) is 11.5 Å². The Bertz CT molecular complexity index is 420. The molecule has 3 N–H and O–H groups in total. The second kappa shape index (κ2) is 3.33. The van der Waals surface area contributed by atoms with Gasteiger partial charge in [0.15, 0.2) is 5.75 Å². The summed E-state index contributed by atoms with van der Waals surface area (Å²) >= 11 is 0. The molecule has 1 heterocycles. The van der Waals surface area contributed by atoms with E-state index in [1.54, 1.807) is 30.5 Å². The number of aromatic nitrogens is 1. The Kier molecular flexibility index (Phi) is 2.02. The highest BCUT2D eigenvalue weighted by Gasteiger charge is 1.96. The van der Waals surface area contributed by atoms with Gasteiger partial charge in [-0.25, -0.2) is 0 Å². The third kappa shape index (κ3) is 1.80. The second-order valence-corrected chi connectivity index (χ2v) is 2.89. The third-order valence-electron chi connectivity index (χ3n) is 1.74. The lowest BCUT2D eigenvalue weighted by molar-refractivity contribution is 0.215. The number of benzene rings is 1. The topological polar surface area (TPSA) is 60.4 Å². The number of rotatable bonds is 2. The first-order valence-electron chi connectivity index (χ1n) is 4.15. The monoisotopic (exact) mass is 190 g/mol. The lowest BCUT2D eigenvalue weighted by Crippen LogP contribution is -2.00. The molecule has 1 aromatic heterocycles. The highest BCUT2D eigenvalue weighted by atomic mass is 16.7. The van der Waals surface area contributed by atoms with Gasteiger partial charge in [-0.3, -0.25) is 0 Å². The number of hydrogen-bond donors (Lipinski definition) is 2. The van der Waals surface area contributed by atoms with Crippen molar-refractivity contribution in [2.75, 3.05) is 5.73 Å². The molecule has 4 nitrogen and oxygen atoms in total. The van der Waals surface area contributed by atoms with Crippen molar-refractivity contribution in [2.24, 2.45) is 0 Å². The van der Waals surface area contributed by atoms with Gasteiger partial charge in [-0.05, 0) is 24.3 Å². The van der Waals surface area contributed by atoms with Crippen LogP contribution in [0.5, 0.6) is 11.5 Å². The number of nitrogens with two attached hydrogens (primary N) is 1. The normalized spacial score (nSPS) is 10.0. The van der Waals surface area contributed by atoms with E-state index in [1.807, 2.05) is 0 Å². The van der Waals surface area contributed by atoms with Crippen LogP contribution in [0.4, 0.5) is 5.69 Å². The number of nitrogen functional groups attached to an aromatic ring is 1. The zero-order valence-electron chi connectivity index (χ0n) is 7.42. The van der Waals surface area contributed by atoms with Crippen LogP contribution < -0.4 is 10.6 Å². The zero-order chi connectivity index (χ0) is 9.97. The van der Waals surface area contributed by atoms with Crippen LogP contribution in [0, 0.1) is 0 Å². The molecular formula is C10H10N2O2. The standard InChI is InChI=1S/C10H10N2O2/c11-8-1-3-10(4-2-8)14-12-6-5-9(13)7-12/h1-7,13H,11H2. The van der Waals surface area contributed by atoms with E-state index in [0.29, 0.717) is 11.4 Å². The Labute approximate surface area is 81.1 Å². The predicted octanol–water partition coefficient (Wildman–Crippen LogP) is 1.62. The summed E-state index contributed by atoms with van der Waals surface area (Å²) in [5.74, 6) is 0.829. The summed E-state index contributed by atoms with van der Waals surface area (Å²) in [5, 5.41) is 9.05. The fourth-order valence-electron chi connectivity index (χ4n) is 1.07. The van der Waals surface area contributed by atoms with Crippen molar-refractivity contribution in [3.63, 3.8) is 0 Å². The summed E-state index contributed by atoms with van der Waals surface area (Å²) in [6.07, 6.45) is 3.09. The highest BCUT2D eigenvalue weighted by Crippen LogP contribution is 2.15. The Morgan fingerprint density at radius 1 is 1.14 bits per heavy atom. The van der Waals surface area contributed by atoms with Gasteiger partial charge in [0.1, 0.15) is 5.75 Å². The first kappa shape index (κ1) is 8.50. The number of nitrogens with zero attached hydrogens (tertiary/aromatic N) is 1. The minimum Gasteiger partial charge on any atom is -0.506 e. The molecule has 0 spiro atoms. The van der Waals surface area contributed by atoms with Crippen molar-refractivity contribution < 1.29 is 9.94 Å². The van der Waals surface area contributed by atoms with Crippen molar-refractivity contribution in [1.29, 1.82) is 0 Å². The molecule has 2 aromatic rings. The van der Waals surface area contributed by atoms with Crippen molar-refractivity contribution in [3.05, 3.63) is 42.7 Å². The quantitative estimate of drug-likeness (QED) is 0.707. The van der Waals surface area contributed by atoms with Gasteiger partial charge in [0.2, 0.25) is 0 Å². The summed E-state index contributed by atoms with van der Waals surface area (Å²) < 4.78 is 1.42. The predicted molar refractivity (Wildman–Crippen MR) is 53.0 cm³/mol. The Balaban J connectivity index is 2.15. The molecule has 0 aliphatic rings. The molecule has 0 aliphatic carbocycles. The number of anilines is 1. The van der Waals surface area contributed by atoms with E-state index in [-0.39, 0.29) is 5.75 Å². The van der Waals surface area contributed by atoms with Crippen molar-refractivity contribution in [2.45, 2.75) is 0 Å². The Morgan fingerprint density at radius 3 is 2.43 bits per heavy atom. The first-order chi connectivity index (χ1) is 6.74. The third-order valence-corrected chi connectivity index (χ3v) is 1.74. The van der Waals surface area contributed by atoms with Crippen LogP contribution in [0.1, 0.15) is 0 Å². The van der Waals surface area contributed by atoms with Gasteiger partial charge in [0, 0.05) is 18.0 Å². The summed E-state index contributed by atoms with van der Waals surface area (Å²) in [7, 11) is 0. The largest absolute Gasteiger partial charge is 0.506 e. The number of hydrogen-bond acceptors (Lipinski definition) is 3. The average molecular weight is 190 g/mol. The maximum absolute atomic E-state index is 9.05. The minimum absolute atomic E-state index is 0.167. The summed E-state index contributed by atoms with van der Waals surface area (Å²) in [6, 6.07) is 8.55. The molecule has 2 rings (SSSR count). The van der Waals surface area contributed by atoms with Gasteiger partial charge in [0.05, 0.1) is 6.20 Å². The van der Waals surface area contributed by atoms with Crippen LogP contribution in [-0.4, -0.2) is 9.84 Å². The molecule has 1 aromatic carbocycles. The van der Waals surface area contributed by atoms with Crippen molar-refractivity contribution >= 4 is 5.69 Å². The molecule has 0 aliphatic heterocycles. The van der Waals surface area contributed by atoms with Crippen LogP contribution >= 0.6 is 0 Å². The average Bonchev–Trinajstić information content (AvgIpc) is 2.56. The van der Waals surface area contributed by atoms with Crippen LogP contribution in [0.15, 0.2) is 42.7 Å². The van der Waals surface area contributed by atoms with Gasteiger partial charge in [-0.1, -0.05) is 0 Å². The van der Waals surface area contributed by atoms with Gasteiger partial charge in [-0.2, -0.15) is 4.73 Å². The van der Waals surface area contributed by atoms with E-state index < -0.39 is 0 Å².